The Hall–Kier alpha value is -2.40. The van der Waals surface area contributed by atoms with E-state index in [1.54, 1.807) is 24.4 Å². The summed E-state index contributed by atoms with van der Waals surface area (Å²) < 4.78 is 0. The average Bonchev–Trinajstić information content (AvgIpc) is 2.83. The molecule has 1 amide bonds. The number of halogens is 1. The molecule has 3 aromatic rings. The fourth-order valence-corrected chi connectivity index (χ4v) is 2.14. The lowest BCUT2D eigenvalue weighted by molar-refractivity contribution is 0.102. The highest BCUT2D eigenvalue weighted by Crippen LogP contribution is 2.22. The van der Waals surface area contributed by atoms with Gasteiger partial charge in [0, 0.05) is 17.5 Å². The third kappa shape index (κ3) is 2.35. The molecule has 0 aliphatic heterocycles. The maximum atomic E-state index is 12.1. The Morgan fingerprint density at radius 1 is 1.35 bits per heavy atom. The Balaban J connectivity index is 1.89. The molecule has 5 nitrogen and oxygen atoms in total. The molecule has 0 saturated heterocycles. The van der Waals surface area contributed by atoms with Gasteiger partial charge in [-0.3, -0.25) is 15.1 Å². The number of aryl methyl sites for hydroxylation is 1. The normalized spacial score (nSPS) is 10.7. The highest BCUT2D eigenvalue weighted by Gasteiger charge is 2.10. The van der Waals surface area contributed by atoms with Gasteiger partial charge >= 0.3 is 0 Å². The number of anilines is 1. The zero-order valence-electron chi connectivity index (χ0n) is 10.6. The van der Waals surface area contributed by atoms with E-state index in [0.29, 0.717) is 27.6 Å². The van der Waals surface area contributed by atoms with Crippen LogP contribution in [0, 0.1) is 6.92 Å². The molecule has 2 N–H and O–H groups in total. The summed E-state index contributed by atoms with van der Waals surface area (Å²) in [4.78, 5) is 23.4. The van der Waals surface area contributed by atoms with E-state index in [4.69, 9.17) is 11.6 Å². The number of aromatic amines is 1. The first kappa shape index (κ1) is 12.6. The summed E-state index contributed by atoms with van der Waals surface area (Å²) >= 11 is 6.05. The molecule has 100 valence electrons. The van der Waals surface area contributed by atoms with Crippen molar-refractivity contribution in [1.82, 2.24) is 15.0 Å². The molecular weight excluding hydrogens is 276 g/mol. The van der Waals surface area contributed by atoms with Crippen LogP contribution in [0.5, 0.6) is 0 Å². The fraction of sp³-hybridized carbons (Fsp3) is 0.0714. The van der Waals surface area contributed by atoms with Crippen LogP contribution in [0.15, 0.2) is 36.5 Å². The lowest BCUT2D eigenvalue weighted by Crippen LogP contribution is -2.13. The number of H-pyrrole nitrogens is 1. The minimum absolute atomic E-state index is 0.245. The van der Waals surface area contributed by atoms with E-state index in [1.165, 1.54) is 0 Å². The molecule has 2 aromatic heterocycles. The second kappa shape index (κ2) is 4.94. The second-order valence-corrected chi connectivity index (χ2v) is 4.77. The number of hydrogen-bond acceptors (Lipinski definition) is 3. The summed E-state index contributed by atoms with van der Waals surface area (Å²) in [6.45, 7) is 1.83. The third-order valence-electron chi connectivity index (χ3n) is 2.86. The van der Waals surface area contributed by atoms with Crippen LogP contribution in [0.2, 0.25) is 5.02 Å². The van der Waals surface area contributed by atoms with Gasteiger partial charge in [-0.05, 0) is 31.2 Å². The van der Waals surface area contributed by atoms with Crippen molar-refractivity contribution in [2.45, 2.75) is 6.92 Å². The number of carbonyl (C=O) groups excluding carboxylic acids is 1. The molecule has 0 saturated carbocycles. The van der Waals surface area contributed by atoms with Crippen molar-refractivity contribution in [3.05, 3.63) is 52.8 Å². The van der Waals surface area contributed by atoms with E-state index >= 15 is 0 Å². The summed E-state index contributed by atoms with van der Waals surface area (Å²) in [5.41, 5.74) is 2.73. The number of nitrogens with zero attached hydrogens (tertiary/aromatic N) is 2. The number of aromatic nitrogens is 3. The van der Waals surface area contributed by atoms with Gasteiger partial charge in [0.2, 0.25) is 5.95 Å². The maximum absolute atomic E-state index is 12.1. The second-order valence-electron chi connectivity index (χ2n) is 4.36. The Morgan fingerprint density at radius 2 is 2.20 bits per heavy atom. The van der Waals surface area contributed by atoms with Crippen LogP contribution in [0.1, 0.15) is 16.1 Å². The number of nitrogens with one attached hydrogen (secondary N) is 2. The first-order valence-corrected chi connectivity index (χ1v) is 6.39. The first-order valence-electron chi connectivity index (χ1n) is 6.02. The number of benzene rings is 1. The van der Waals surface area contributed by atoms with E-state index in [1.807, 2.05) is 19.1 Å². The molecule has 0 bridgehead atoms. The number of imidazole rings is 1. The molecular formula is C14H11ClN4O. The molecule has 0 aliphatic carbocycles. The van der Waals surface area contributed by atoms with Crippen molar-refractivity contribution < 1.29 is 4.79 Å². The molecule has 0 aliphatic rings. The van der Waals surface area contributed by atoms with E-state index in [2.05, 4.69) is 20.3 Å². The summed E-state index contributed by atoms with van der Waals surface area (Å²) in [7, 11) is 0. The summed E-state index contributed by atoms with van der Waals surface area (Å²) in [5.74, 6) is 0.123. The summed E-state index contributed by atoms with van der Waals surface area (Å²) in [6.07, 6.45) is 1.60. The fourth-order valence-electron chi connectivity index (χ4n) is 1.92. The zero-order valence-corrected chi connectivity index (χ0v) is 11.4. The van der Waals surface area contributed by atoms with Gasteiger partial charge in [0.25, 0.3) is 5.91 Å². The van der Waals surface area contributed by atoms with Gasteiger partial charge in [-0.2, -0.15) is 0 Å². The third-order valence-corrected chi connectivity index (χ3v) is 3.17. The summed E-state index contributed by atoms with van der Waals surface area (Å²) in [6, 6.07) is 8.76. The molecule has 0 fully saturated rings. The summed E-state index contributed by atoms with van der Waals surface area (Å²) in [5, 5.41) is 3.28. The minimum atomic E-state index is -0.245. The van der Waals surface area contributed by atoms with Crippen molar-refractivity contribution in [3.8, 4) is 0 Å². The van der Waals surface area contributed by atoms with Crippen LogP contribution >= 0.6 is 11.6 Å². The van der Waals surface area contributed by atoms with Gasteiger partial charge < -0.3 is 4.98 Å². The topological polar surface area (TPSA) is 70.7 Å². The molecule has 1 aromatic carbocycles. The van der Waals surface area contributed by atoms with E-state index in [0.717, 1.165) is 5.69 Å². The van der Waals surface area contributed by atoms with Gasteiger partial charge in [-0.1, -0.05) is 17.7 Å². The molecule has 0 radical (unpaired) electrons. The van der Waals surface area contributed by atoms with E-state index in [9.17, 15) is 4.79 Å². The average molecular weight is 287 g/mol. The molecule has 2 heterocycles. The number of carbonyl (C=O) groups is 1. The van der Waals surface area contributed by atoms with Crippen molar-refractivity contribution in [1.29, 1.82) is 0 Å². The molecule has 20 heavy (non-hydrogen) atoms. The molecule has 0 spiro atoms. The van der Waals surface area contributed by atoms with Crippen LogP contribution in [0.3, 0.4) is 0 Å². The lowest BCUT2D eigenvalue weighted by Gasteiger charge is -2.02. The molecule has 3 rings (SSSR count). The van der Waals surface area contributed by atoms with Gasteiger partial charge in [0.15, 0.2) is 0 Å². The number of pyridine rings is 1. The van der Waals surface area contributed by atoms with Crippen LogP contribution in [-0.2, 0) is 0 Å². The predicted molar refractivity (Wildman–Crippen MR) is 78.0 cm³/mol. The largest absolute Gasteiger partial charge is 0.323 e. The zero-order chi connectivity index (χ0) is 14.1. The van der Waals surface area contributed by atoms with Crippen molar-refractivity contribution in [3.63, 3.8) is 0 Å². The van der Waals surface area contributed by atoms with Crippen LogP contribution < -0.4 is 5.32 Å². The smallest absolute Gasteiger partial charge is 0.258 e. The first-order chi connectivity index (χ1) is 9.63. The van der Waals surface area contributed by atoms with Gasteiger partial charge in [0.05, 0.1) is 16.1 Å². The van der Waals surface area contributed by atoms with Gasteiger partial charge in [-0.15, -0.1) is 0 Å². The van der Waals surface area contributed by atoms with Crippen LogP contribution in [0.25, 0.3) is 11.0 Å². The molecule has 0 atom stereocenters. The van der Waals surface area contributed by atoms with Crippen molar-refractivity contribution in [2.75, 3.05) is 5.32 Å². The Labute approximate surface area is 120 Å². The molecule has 6 heteroatoms. The van der Waals surface area contributed by atoms with Gasteiger partial charge in [0.1, 0.15) is 0 Å². The minimum Gasteiger partial charge on any atom is -0.323 e. The predicted octanol–water partition coefficient (Wildman–Crippen LogP) is 3.17. The van der Waals surface area contributed by atoms with Crippen LogP contribution in [0.4, 0.5) is 5.95 Å². The number of rotatable bonds is 2. The monoisotopic (exact) mass is 286 g/mol. The Kier molecular flexibility index (Phi) is 3.12. The Bertz CT molecular complexity index is 797. The highest BCUT2D eigenvalue weighted by atomic mass is 35.5. The lowest BCUT2D eigenvalue weighted by atomic mass is 10.2. The van der Waals surface area contributed by atoms with E-state index < -0.39 is 0 Å². The SMILES string of the molecule is Cc1cc(C(=O)Nc2nc3cccc(Cl)c3[nH]2)ccn1. The quantitative estimate of drug-likeness (QED) is 0.760. The number of fused-ring (bicyclic) bond motifs is 1. The number of para-hydroxylation sites is 1. The Morgan fingerprint density at radius 3 is 2.95 bits per heavy atom. The maximum Gasteiger partial charge on any atom is 0.258 e. The number of hydrogen-bond donors (Lipinski definition) is 2. The molecule has 0 unspecified atom stereocenters. The highest BCUT2D eigenvalue weighted by molar-refractivity contribution is 6.35. The van der Waals surface area contributed by atoms with Gasteiger partial charge in [-0.25, -0.2) is 4.98 Å². The van der Waals surface area contributed by atoms with Crippen molar-refractivity contribution in [2.24, 2.45) is 0 Å². The number of amides is 1. The van der Waals surface area contributed by atoms with Crippen LogP contribution in [-0.4, -0.2) is 20.9 Å². The standard InChI is InChI=1S/C14H11ClN4O/c1-8-7-9(5-6-16-8)13(20)19-14-17-11-4-2-3-10(15)12(11)18-14/h2-7H,1H3,(H2,17,18,19,20). The van der Waals surface area contributed by atoms with Crippen molar-refractivity contribution >= 4 is 34.5 Å². The van der Waals surface area contributed by atoms with E-state index in [-0.39, 0.29) is 5.91 Å².